The number of aldehydes is 1. The number of halogens is 2. The summed E-state index contributed by atoms with van der Waals surface area (Å²) in [5.41, 5.74) is 7.42. The van der Waals surface area contributed by atoms with E-state index in [-0.39, 0.29) is 36.9 Å². The van der Waals surface area contributed by atoms with Crippen LogP contribution in [0.4, 0.5) is 4.39 Å². The molecule has 0 radical (unpaired) electrons. The van der Waals surface area contributed by atoms with Gasteiger partial charge in [-0.05, 0) is 26.8 Å². The van der Waals surface area contributed by atoms with E-state index in [4.69, 9.17) is 21.1 Å². The molecule has 0 saturated heterocycles. The van der Waals surface area contributed by atoms with E-state index in [0.29, 0.717) is 17.7 Å². The van der Waals surface area contributed by atoms with Crippen molar-refractivity contribution in [3.8, 4) is 0 Å². The molecule has 0 aliphatic rings. The summed E-state index contributed by atoms with van der Waals surface area (Å²) in [4.78, 5) is 15.1. The largest absolute Gasteiger partial charge is 0.490 e. The van der Waals surface area contributed by atoms with Gasteiger partial charge in [0.2, 0.25) is 0 Å². The summed E-state index contributed by atoms with van der Waals surface area (Å²) in [6.45, 7) is 6.27. The number of allylic oxidation sites excluding steroid dienone is 1. The van der Waals surface area contributed by atoms with E-state index in [2.05, 4.69) is 15.8 Å². The highest BCUT2D eigenvalue weighted by atomic mass is 35.5. The van der Waals surface area contributed by atoms with Gasteiger partial charge in [-0.25, -0.2) is 9.82 Å². The topological polar surface area (TPSA) is 72.5 Å². The van der Waals surface area contributed by atoms with Gasteiger partial charge in [-0.2, -0.15) is 0 Å². The molecule has 8 heteroatoms. The quantitative estimate of drug-likeness (QED) is 0.204. The van der Waals surface area contributed by atoms with Crippen LogP contribution in [-0.2, 0) is 27.5 Å². The van der Waals surface area contributed by atoms with Crippen molar-refractivity contribution in [1.82, 2.24) is 15.8 Å². The first-order valence-corrected chi connectivity index (χ1v) is 8.27. The molecular weight excluding hydrogens is 349 g/mol. The fourth-order valence-corrected chi connectivity index (χ4v) is 1.81. The Morgan fingerprint density at radius 3 is 2.68 bits per heavy atom. The van der Waals surface area contributed by atoms with E-state index in [0.717, 1.165) is 5.56 Å². The highest BCUT2D eigenvalue weighted by Crippen LogP contribution is 2.12. The normalized spacial score (nSPS) is 12.7. The average Bonchev–Trinajstić information content (AvgIpc) is 2.57. The fraction of sp³-hybridized carbons (Fsp3) is 0.529. The van der Waals surface area contributed by atoms with Gasteiger partial charge in [0.1, 0.15) is 24.1 Å². The second-order valence-corrected chi connectivity index (χ2v) is 6.71. The Bertz CT molecular complexity index is 559. The van der Waals surface area contributed by atoms with Crippen LogP contribution in [0.2, 0.25) is 0 Å². The number of carbonyl (C=O) groups is 1. The molecule has 1 heterocycles. The van der Waals surface area contributed by atoms with E-state index in [1.165, 1.54) is 0 Å². The summed E-state index contributed by atoms with van der Waals surface area (Å²) in [6.07, 6.45) is 2.18. The first-order valence-electron chi connectivity index (χ1n) is 7.90. The number of pyridine rings is 1. The molecule has 0 spiro atoms. The van der Waals surface area contributed by atoms with Crippen molar-refractivity contribution in [3.63, 3.8) is 0 Å². The number of ether oxygens (including phenoxy) is 2. The summed E-state index contributed by atoms with van der Waals surface area (Å²) < 4.78 is 22.7. The Balaban J connectivity index is 2.54. The van der Waals surface area contributed by atoms with E-state index in [1.807, 2.05) is 26.8 Å². The van der Waals surface area contributed by atoms with Crippen molar-refractivity contribution < 1.29 is 18.7 Å². The van der Waals surface area contributed by atoms with Crippen molar-refractivity contribution in [3.05, 3.63) is 40.4 Å². The number of nitrogens with zero attached hydrogens (tertiary/aromatic N) is 1. The zero-order valence-corrected chi connectivity index (χ0v) is 15.5. The Labute approximate surface area is 152 Å². The van der Waals surface area contributed by atoms with Crippen molar-refractivity contribution in [2.24, 2.45) is 0 Å². The fourth-order valence-electron chi connectivity index (χ4n) is 1.69. The monoisotopic (exact) mass is 373 g/mol. The molecule has 6 nitrogen and oxygen atoms in total. The smallest absolute Gasteiger partial charge is 0.164 e. The molecule has 0 fully saturated rings. The molecular formula is C17H25ClFN3O3. The molecule has 0 amide bonds. The lowest BCUT2D eigenvalue weighted by Gasteiger charge is -2.22. The first kappa shape index (κ1) is 21.5. The van der Waals surface area contributed by atoms with Crippen molar-refractivity contribution in [1.29, 1.82) is 0 Å². The van der Waals surface area contributed by atoms with E-state index in [9.17, 15) is 9.18 Å². The van der Waals surface area contributed by atoms with E-state index in [1.54, 1.807) is 12.3 Å². The molecule has 1 aromatic rings. The van der Waals surface area contributed by atoms with Gasteiger partial charge in [-0.3, -0.25) is 15.2 Å². The minimum atomic E-state index is -0.517. The van der Waals surface area contributed by atoms with Gasteiger partial charge in [0.15, 0.2) is 6.29 Å². The SMILES string of the molecule is CC(C)(C)NNC/C(OCc1ccc(COCCF)nc1)=C(/Cl)C=O. The minimum Gasteiger partial charge on any atom is -0.490 e. The molecule has 25 heavy (non-hydrogen) atoms. The molecule has 0 atom stereocenters. The maximum absolute atomic E-state index is 12.0. The number of nitrogens with one attached hydrogen (secondary N) is 2. The summed E-state index contributed by atoms with van der Waals surface area (Å²) in [5, 5.41) is 0.00686. The van der Waals surface area contributed by atoms with Crippen LogP contribution in [0.15, 0.2) is 29.1 Å². The van der Waals surface area contributed by atoms with Crippen molar-refractivity contribution in [2.45, 2.75) is 39.5 Å². The number of hydrazine groups is 1. The van der Waals surface area contributed by atoms with Crippen LogP contribution in [0.1, 0.15) is 32.0 Å². The number of hydrogen-bond donors (Lipinski definition) is 2. The number of aromatic nitrogens is 1. The average molecular weight is 374 g/mol. The lowest BCUT2D eigenvalue weighted by Crippen LogP contribution is -2.46. The van der Waals surface area contributed by atoms with Crippen LogP contribution in [-0.4, -0.2) is 36.6 Å². The standard InChI is InChI=1S/C17H25ClFN3O3/c1-17(2,3)22-21-9-16(15(18)10-23)25-11-13-4-5-14(20-8-13)12-24-7-6-19/h4-5,8,10,21-22H,6-7,9,11-12H2,1-3H3/b16-15-. The molecule has 0 saturated carbocycles. The molecule has 0 bridgehead atoms. The third-order valence-electron chi connectivity index (χ3n) is 2.85. The van der Waals surface area contributed by atoms with Crippen LogP contribution in [0.3, 0.4) is 0 Å². The first-order chi connectivity index (χ1) is 11.9. The Kier molecular flexibility index (Phi) is 9.59. The van der Waals surface area contributed by atoms with Crippen LogP contribution < -0.4 is 10.9 Å². The summed E-state index contributed by atoms with van der Waals surface area (Å²) in [6, 6.07) is 3.61. The lowest BCUT2D eigenvalue weighted by atomic mass is 10.1. The number of hydrogen-bond acceptors (Lipinski definition) is 6. The molecule has 0 aromatic carbocycles. The van der Waals surface area contributed by atoms with Gasteiger partial charge < -0.3 is 9.47 Å². The second-order valence-electron chi connectivity index (χ2n) is 6.31. The van der Waals surface area contributed by atoms with Crippen LogP contribution >= 0.6 is 11.6 Å². The Morgan fingerprint density at radius 2 is 2.12 bits per heavy atom. The third kappa shape index (κ3) is 9.50. The van der Waals surface area contributed by atoms with Gasteiger partial charge in [-0.1, -0.05) is 17.7 Å². The Hall–Kier alpha value is -1.54. The predicted molar refractivity (Wildman–Crippen MR) is 94.5 cm³/mol. The van der Waals surface area contributed by atoms with Gasteiger partial charge >= 0.3 is 0 Å². The molecule has 0 aliphatic carbocycles. The zero-order valence-electron chi connectivity index (χ0n) is 14.8. The maximum Gasteiger partial charge on any atom is 0.164 e. The van der Waals surface area contributed by atoms with Crippen LogP contribution in [0.25, 0.3) is 0 Å². The van der Waals surface area contributed by atoms with Gasteiger partial charge in [0, 0.05) is 17.3 Å². The lowest BCUT2D eigenvalue weighted by molar-refractivity contribution is -0.104. The number of carbonyl (C=O) groups excluding carboxylic acids is 1. The van der Waals surface area contributed by atoms with Gasteiger partial charge in [-0.15, -0.1) is 0 Å². The van der Waals surface area contributed by atoms with Crippen molar-refractivity contribution in [2.75, 3.05) is 19.8 Å². The van der Waals surface area contributed by atoms with Crippen LogP contribution in [0.5, 0.6) is 0 Å². The highest BCUT2D eigenvalue weighted by Gasteiger charge is 2.11. The second kappa shape index (κ2) is 11.1. The molecule has 0 aliphatic heterocycles. The van der Waals surface area contributed by atoms with E-state index >= 15 is 0 Å². The summed E-state index contributed by atoms with van der Waals surface area (Å²) in [7, 11) is 0. The number of rotatable bonds is 11. The number of alkyl halides is 1. The molecule has 140 valence electrons. The maximum atomic E-state index is 12.0. The molecule has 0 unspecified atom stereocenters. The third-order valence-corrected chi connectivity index (χ3v) is 3.15. The molecule has 1 aromatic heterocycles. The molecule has 1 rings (SSSR count). The van der Waals surface area contributed by atoms with Gasteiger partial charge in [0.05, 0.1) is 25.5 Å². The predicted octanol–water partition coefficient (Wildman–Crippen LogP) is 2.63. The van der Waals surface area contributed by atoms with Gasteiger partial charge in [0.25, 0.3) is 0 Å². The Morgan fingerprint density at radius 1 is 1.36 bits per heavy atom. The minimum absolute atomic E-state index is 0.00686. The zero-order chi connectivity index (χ0) is 18.7. The van der Waals surface area contributed by atoms with Crippen LogP contribution in [0, 0.1) is 0 Å². The van der Waals surface area contributed by atoms with E-state index < -0.39 is 6.67 Å². The summed E-state index contributed by atoms with van der Waals surface area (Å²) in [5.74, 6) is 0.337. The molecule has 2 N–H and O–H groups in total. The highest BCUT2D eigenvalue weighted by molar-refractivity contribution is 6.38. The van der Waals surface area contributed by atoms with Crippen molar-refractivity contribution >= 4 is 17.9 Å². The summed E-state index contributed by atoms with van der Waals surface area (Å²) >= 11 is 5.90.